The molecular formula is C21H34BNO4. The van der Waals surface area contributed by atoms with Crippen LogP contribution in [0.3, 0.4) is 0 Å². The summed E-state index contributed by atoms with van der Waals surface area (Å²) in [6, 6.07) is 8.60. The molecule has 6 heteroatoms. The van der Waals surface area contributed by atoms with Crippen LogP contribution >= 0.6 is 0 Å². The molecular weight excluding hydrogens is 341 g/mol. The highest BCUT2D eigenvalue weighted by Crippen LogP contribution is 2.26. The molecule has 1 saturated heterocycles. The molecule has 0 radical (unpaired) electrons. The molecule has 27 heavy (non-hydrogen) atoms. The van der Waals surface area contributed by atoms with Gasteiger partial charge in [-0.2, -0.15) is 0 Å². The van der Waals surface area contributed by atoms with Gasteiger partial charge < -0.3 is 18.8 Å². The van der Waals surface area contributed by atoms with Gasteiger partial charge in [-0.05, 0) is 38.3 Å². The molecule has 0 N–H and O–H groups in total. The third-order valence-corrected chi connectivity index (χ3v) is 4.64. The zero-order chi connectivity index (χ0) is 19.7. The zero-order valence-electron chi connectivity index (χ0n) is 17.4. The maximum absolute atomic E-state index is 5.98. The monoisotopic (exact) mass is 375 g/mol. The number of ether oxygens (including phenoxy) is 2. The minimum absolute atomic E-state index is 0.148. The first-order chi connectivity index (χ1) is 12.9. The van der Waals surface area contributed by atoms with Crippen LogP contribution in [-0.4, -0.2) is 64.2 Å². The van der Waals surface area contributed by atoms with Gasteiger partial charge in [-0.1, -0.05) is 36.3 Å². The molecule has 1 aliphatic rings. The Morgan fingerprint density at radius 2 is 1.78 bits per heavy atom. The lowest BCUT2D eigenvalue weighted by atomic mass is 9.82. The van der Waals surface area contributed by atoms with E-state index in [9.17, 15) is 0 Å². The number of benzene rings is 1. The van der Waals surface area contributed by atoms with Gasteiger partial charge in [-0.25, -0.2) is 0 Å². The van der Waals surface area contributed by atoms with E-state index in [0.717, 1.165) is 44.8 Å². The highest BCUT2D eigenvalue weighted by molar-refractivity contribution is 6.52. The van der Waals surface area contributed by atoms with Gasteiger partial charge >= 0.3 is 7.12 Å². The molecule has 2 rings (SSSR count). The van der Waals surface area contributed by atoms with Crippen molar-refractivity contribution in [2.75, 3.05) is 40.5 Å². The Bertz CT molecular complexity index is 568. The molecule has 1 aromatic carbocycles. The minimum atomic E-state index is -0.290. The van der Waals surface area contributed by atoms with Crippen molar-refractivity contribution in [1.82, 2.24) is 4.90 Å². The van der Waals surface area contributed by atoms with Crippen LogP contribution in [0.25, 0.3) is 6.08 Å². The summed E-state index contributed by atoms with van der Waals surface area (Å²) in [7, 11) is 3.18. The van der Waals surface area contributed by atoms with Crippen LogP contribution in [0.2, 0.25) is 0 Å². The summed E-state index contributed by atoms with van der Waals surface area (Å²) in [5.74, 6) is 2.00. The Morgan fingerprint density at radius 3 is 2.33 bits per heavy atom. The van der Waals surface area contributed by atoms with E-state index < -0.39 is 0 Å². The smallest absolute Gasteiger partial charge is 0.405 e. The number of nitrogens with zero attached hydrogens (tertiary/aromatic N) is 1. The first-order valence-electron chi connectivity index (χ1n) is 9.72. The van der Waals surface area contributed by atoms with E-state index in [-0.39, 0.29) is 18.8 Å². The minimum Gasteiger partial charge on any atom is -0.405 e. The zero-order valence-corrected chi connectivity index (χ0v) is 17.4. The van der Waals surface area contributed by atoms with E-state index in [1.165, 1.54) is 5.56 Å². The Balaban J connectivity index is 1.91. The lowest BCUT2D eigenvalue weighted by Gasteiger charge is -2.37. The Labute approximate surface area is 164 Å². The van der Waals surface area contributed by atoms with Gasteiger partial charge in [0.05, 0.1) is 18.8 Å². The van der Waals surface area contributed by atoms with Gasteiger partial charge in [-0.3, -0.25) is 4.90 Å². The van der Waals surface area contributed by atoms with Crippen LogP contribution in [-0.2, 0) is 25.3 Å². The lowest BCUT2D eigenvalue weighted by Crippen LogP contribution is -2.45. The third-order valence-electron chi connectivity index (χ3n) is 4.64. The van der Waals surface area contributed by atoms with Crippen LogP contribution in [0, 0.1) is 0 Å². The first-order valence-corrected chi connectivity index (χ1v) is 9.72. The van der Waals surface area contributed by atoms with Crippen molar-refractivity contribution in [2.45, 2.75) is 45.4 Å². The van der Waals surface area contributed by atoms with Crippen LogP contribution in [0.15, 0.2) is 30.2 Å². The van der Waals surface area contributed by atoms with Gasteiger partial charge in [0, 0.05) is 40.0 Å². The molecule has 150 valence electrons. The van der Waals surface area contributed by atoms with E-state index in [0.29, 0.717) is 0 Å². The lowest BCUT2D eigenvalue weighted by molar-refractivity contribution is -0.0235. The second kappa shape index (κ2) is 11.0. The van der Waals surface area contributed by atoms with Crippen LogP contribution < -0.4 is 0 Å². The average Bonchev–Trinajstić information content (AvgIpc) is 2.61. The summed E-state index contributed by atoms with van der Waals surface area (Å²) in [6.45, 7) is 10.4. The quantitative estimate of drug-likeness (QED) is 0.586. The van der Waals surface area contributed by atoms with Gasteiger partial charge in [0.1, 0.15) is 0 Å². The topological polar surface area (TPSA) is 40.2 Å². The fraction of sp³-hybridized carbons (Fsp3) is 0.619. The summed E-state index contributed by atoms with van der Waals surface area (Å²) in [4.78, 5) is 2.34. The predicted octanol–water partition coefficient (Wildman–Crippen LogP) is 3.43. The fourth-order valence-corrected chi connectivity index (χ4v) is 3.34. The average molecular weight is 375 g/mol. The molecule has 1 aliphatic heterocycles. The first kappa shape index (κ1) is 22.1. The largest absolute Gasteiger partial charge is 0.486 e. The molecule has 0 spiro atoms. The number of hydrogen-bond donors (Lipinski definition) is 0. The van der Waals surface area contributed by atoms with Gasteiger partial charge in [0.15, 0.2) is 0 Å². The summed E-state index contributed by atoms with van der Waals surface area (Å²) in [5.41, 5.74) is 2.27. The van der Waals surface area contributed by atoms with Gasteiger partial charge in [0.2, 0.25) is 0 Å². The number of rotatable bonds is 10. The Hall–Kier alpha value is -1.18. The highest BCUT2D eigenvalue weighted by Gasteiger charge is 2.35. The standard InChI is InChI=1S/C21H34BNO4/c1-18-16-21(2,3)27-22(26-18)11-10-19-6-8-20(9-7-19)17-23(12-14-24-4)13-15-25-5/h6-11,18H,12-17H2,1-5H3/b11-10+. The summed E-state index contributed by atoms with van der Waals surface area (Å²) >= 11 is 0. The van der Waals surface area contributed by atoms with Crippen molar-refractivity contribution in [3.05, 3.63) is 41.4 Å². The van der Waals surface area contributed by atoms with Gasteiger partial charge in [-0.15, -0.1) is 0 Å². The molecule has 1 aromatic rings. The van der Waals surface area contributed by atoms with Crippen molar-refractivity contribution in [3.63, 3.8) is 0 Å². The van der Waals surface area contributed by atoms with E-state index in [1.807, 2.05) is 5.98 Å². The Kier molecular flexibility index (Phi) is 8.99. The molecule has 1 unspecified atom stereocenters. The predicted molar refractivity (Wildman–Crippen MR) is 111 cm³/mol. The third kappa shape index (κ3) is 8.15. The maximum Gasteiger partial charge on any atom is 0.486 e. The molecule has 1 atom stereocenters. The SMILES string of the molecule is COCCN(CCOC)Cc1ccc(/C=C/B2OC(C)CC(C)(C)O2)cc1. The number of methoxy groups -OCH3 is 2. The molecule has 0 aliphatic carbocycles. The molecule has 1 heterocycles. The molecule has 1 fully saturated rings. The maximum atomic E-state index is 5.98. The second-order valence-corrected chi connectivity index (χ2v) is 7.76. The summed E-state index contributed by atoms with van der Waals surface area (Å²) < 4.78 is 22.2. The van der Waals surface area contributed by atoms with E-state index in [4.69, 9.17) is 18.8 Å². The van der Waals surface area contributed by atoms with E-state index in [1.54, 1.807) is 14.2 Å². The van der Waals surface area contributed by atoms with E-state index >= 15 is 0 Å². The molecule has 0 saturated carbocycles. The molecule has 5 nitrogen and oxygen atoms in total. The summed E-state index contributed by atoms with van der Waals surface area (Å²) in [5, 5.41) is 0. The highest BCUT2D eigenvalue weighted by atomic mass is 16.6. The van der Waals surface area contributed by atoms with Gasteiger partial charge in [0.25, 0.3) is 0 Å². The Morgan fingerprint density at radius 1 is 1.15 bits per heavy atom. The van der Waals surface area contributed by atoms with Crippen molar-refractivity contribution < 1.29 is 18.8 Å². The van der Waals surface area contributed by atoms with Crippen molar-refractivity contribution in [2.24, 2.45) is 0 Å². The molecule has 0 amide bonds. The van der Waals surface area contributed by atoms with Crippen molar-refractivity contribution >= 4 is 13.2 Å². The summed E-state index contributed by atoms with van der Waals surface area (Å²) in [6.07, 6.45) is 3.18. The fourth-order valence-electron chi connectivity index (χ4n) is 3.34. The molecule has 0 bridgehead atoms. The normalized spacial score (nSPS) is 19.9. The van der Waals surface area contributed by atoms with Crippen LogP contribution in [0.5, 0.6) is 0 Å². The van der Waals surface area contributed by atoms with E-state index in [2.05, 4.69) is 56.0 Å². The molecule has 0 aromatic heterocycles. The second-order valence-electron chi connectivity index (χ2n) is 7.76. The van der Waals surface area contributed by atoms with Crippen molar-refractivity contribution in [1.29, 1.82) is 0 Å². The number of hydrogen-bond acceptors (Lipinski definition) is 5. The van der Waals surface area contributed by atoms with Crippen LogP contribution in [0.1, 0.15) is 38.3 Å². The van der Waals surface area contributed by atoms with Crippen LogP contribution in [0.4, 0.5) is 0 Å². The van der Waals surface area contributed by atoms with Crippen molar-refractivity contribution in [3.8, 4) is 0 Å².